The Morgan fingerprint density at radius 1 is 1.06 bits per heavy atom. The maximum absolute atomic E-state index is 13.4. The third-order valence-corrected chi connectivity index (χ3v) is 7.29. The number of hydrogen-bond acceptors (Lipinski definition) is 4. The van der Waals surface area contributed by atoms with Gasteiger partial charge in [0.1, 0.15) is 11.9 Å². The quantitative estimate of drug-likeness (QED) is 0.498. The maximum Gasteiger partial charge on any atom is 0.243 e. The number of nitrogens with one attached hydrogen (secondary N) is 1. The second-order valence-corrected chi connectivity index (χ2v) is 10.9. The van der Waals surface area contributed by atoms with Crippen LogP contribution in [-0.2, 0) is 26.2 Å². The number of hydrogen-bond donors (Lipinski definition) is 1. The molecule has 0 saturated heterocycles. The number of benzene rings is 2. The maximum atomic E-state index is 13.4. The lowest BCUT2D eigenvalue weighted by molar-refractivity contribution is -0.141. The zero-order valence-corrected chi connectivity index (χ0v) is 21.4. The molecule has 0 aromatic heterocycles. The Hall–Kier alpha value is -2.49. The minimum Gasteiger partial charge on any atom is -0.354 e. The molecule has 1 N–H and O–H groups in total. The van der Waals surface area contributed by atoms with Crippen molar-refractivity contribution in [3.8, 4) is 0 Å². The lowest BCUT2D eigenvalue weighted by atomic mass is 10.1. The number of rotatable bonds is 11. The molecule has 0 bridgehead atoms. The molecule has 0 unspecified atom stereocenters. The van der Waals surface area contributed by atoms with Crippen LogP contribution in [0.2, 0.25) is 5.02 Å². The van der Waals surface area contributed by atoms with E-state index in [-0.39, 0.29) is 23.3 Å². The summed E-state index contributed by atoms with van der Waals surface area (Å²) in [4.78, 5) is 27.6. The third-order valence-electron chi connectivity index (χ3n) is 5.22. The summed E-state index contributed by atoms with van der Waals surface area (Å²) in [7, 11) is -2.66. The summed E-state index contributed by atoms with van der Waals surface area (Å²) in [6.45, 7) is 5.69. The predicted molar refractivity (Wildman–Crippen MR) is 130 cm³/mol. The highest BCUT2D eigenvalue weighted by atomic mass is 35.5. The van der Waals surface area contributed by atoms with Crippen molar-refractivity contribution in [1.82, 2.24) is 14.5 Å². The smallest absolute Gasteiger partial charge is 0.243 e. The van der Waals surface area contributed by atoms with Crippen molar-refractivity contribution in [3.05, 3.63) is 64.9 Å². The SMILES string of the molecule is CC[C@@H](C(=O)NCC(C)C)N(Cc1ccc(F)cc1)C(=O)CN(C)S(=O)(=O)c1ccc(Cl)cc1. The van der Waals surface area contributed by atoms with Crippen LogP contribution in [0, 0.1) is 11.7 Å². The van der Waals surface area contributed by atoms with Crippen LogP contribution < -0.4 is 5.32 Å². The van der Waals surface area contributed by atoms with E-state index in [1.54, 1.807) is 6.92 Å². The zero-order chi connectivity index (χ0) is 25.5. The molecule has 34 heavy (non-hydrogen) atoms. The minimum atomic E-state index is -3.96. The summed E-state index contributed by atoms with van der Waals surface area (Å²) in [5.74, 6) is -1.07. The van der Waals surface area contributed by atoms with Crippen molar-refractivity contribution in [3.63, 3.8) is 0 Å². The minimum absolute atomic E-state index is 0.000924. The number of carbonyl (C=O) groups is 2. The fourth-order valence-electron chi connectivity index (χ4n) is 3.28. The lowest BCUT2D eigenvalue weighted by Gasteiger charge is -2.32. The topological polar surface area (TPSA) is 86.8 Å². The van der Waals surface area contributed by atoms with Gasteiger partial charge in [0.05, 0.1) is 11.4 Å². The molecule has 1 atom stereocenters. The molecule has 0 radical (unpaired) electrons. The molecule has 0 aliphatic rings. The average molecular weight is 512 g/mol. The largest absolute Gasteiger partial charge is 0.354 e. The highest BCUT2D eigenvalue weighted by Gasteiger charge is 2.31. The summed E-state index contributed by atoms with van der Waals surface area (Å²) < 4.78 is 40.2. The second-order valence-electron chi connectivity index (χ2n) is 8.43. The standard InChI is InChI=1S/C24H31ClFN3O4S/c1-5-22(24(31)27-14-17(2)3)29(15-18-6-10-20(26)11-7-18)23(30)16-28(4)34(32,33)21-12-8-19(25)9-13-21/h6-13,17,22H,5,14-16H2,1-4H3,(H,27,31)/t22-/m0/s1. The lowest BCUT2D eigenvalue weighted by Crippen LogP contribution is -2.52. The van der Waals surface area contributed by atoms with Crippen LogP contribution in [0.5, 0.6) is 0 Å². The Kier molecular flexibility index (Phi) is 10.0. The third kappa shape index (κ3) is 7.51. The highest BCUT2D eigenvalue weighted by molar-refractivity contribution is 7.89. The fourth-order valence-corrected chi connectivity index (χ4v) is 4.53. The number of nitrogens with zero attached hydrogens (tertiary/aromatic N) is 2. The molecule has 7 nitrogen and oxygen atoms in total. The van der Waals surface area contributed by atoms with Crippen molar-refractivity contribution >= 4 is 33.4 Å². The molecule has 2 amide bonds. The molecule has 0 aliphatic heterocycles. The molecular weight excluding hydrogens is 481 g/mol. The molecule has 0 heterocycles. The first-order valence-corrected chi connectivity index (χ1v) is 12.8. The van der Waals surface area contributed by atoms with Gasteiger partial charge in [0.15, 0.2) is 0 Å². The van der Waals surface area contributed by atoms with Crippen LogP contribution in [0.3, 0.4) is 0 Å². The number of carbonyl (C=O) groups excluding carboxylic acids is 2. The van der Waals surface area contributed by atoms with Crippen molar-refractivity contribution in [2.75, 3.05) is 20.1 Å². The van der Waals surface area contributed by atoms with Gasteiger partial charge >= 0.3 is 0 Å². The van der Waals surface area contributed by atoms with E-state index in [1.165, 1.54) is 60.5 Å². The van der Waals surface area contributed by atoms with E-state index in [2.05, 4.69) is 5.32 Å². The molecule has 2 rings (SSSR count). The molecular formula is C24H31ClFN3O4S. The van der Waals surface area contributed by atoms with Gasteiger partial charge in [-0.15, -0.1) is 0 Å². The number of halogens is 2. The van der Waals surface area contributed by atoms with Gasteiger partial charge in [0.2, 0.25) is 21.8 Å². The van der Waals surface area contributed by atoms with E-state index < -0.39 is 34.3 Å². The monoisotopic (exact) mass is 511 g/mol. The average Bonchev–Trinajstić information content (AvgIpc) is 2.79. The first-order valence-electron chi connectivity index (χ1n) is 11.0. The van der Waals surface area contributed by atoms with Crippen molar-refractivity contribution in [2.45, 2.75) is 44.7 Å². The number of amides is 2. The Labute approximate surface area is 205 Å². The Bertz CT molecular complexity index is 1080. The van der Waals surface area contributed by atoms with E-state index in [9.17, 15) is 22.4 Å². The van der Waals surface area contributed by atoms with E-state index in [0.29, 0.717) is 23.6 Å². The summed E-state index contributed by atoms with van der Waals surface area (Å²) in [6.07, 6.45) is 0.324. The van der Waals surface area contributed by atoms with E-state index in [4.69, 9.17) is 11.6 Å². The highest BCUT2D eigenvalue weighted by Crippen LogP contribution is 2.19. The van der Waals surface area contributed by atoms with Gasteiger partial charge in [-0.25, -0.2) is 12.8 Å². The van der Waals surface area contributed by atoms with Gasteiger partial charge in [0, 0.05) is 25.2 Å². The van der Waals surface area contributed by atoms with Gasteiger partial charge in [-0.2, -0.15) is 4.31 Å². The van der Waals surface area contributed by atoms with Crippen LogP contribution in [0.1, 0.15) is 32.8 Å². The first kappa shape index (κ1) is 27.8. The van der Waals surface area contributed by atoms with Crippen LogP contribution in [0.15, 0.2) is 53.4 Å². The summed E-state index contributed by atoms with van der Waals surface area (Å²) in [5, 5.41) is 3.23. The van der Waals surface area contributed by atoms with Crippen LogP contribution in [-0.4, -0.2) is 55.6 Å². The van der Waals surface area contributed by atoms with Gasteiger partial charge in [-0.05, 0) is 54.3 Å². The molecule has 0 aliphatic carbocycles. The van der Waals surface area contributed by atoms with Crippen LogP contribution >= 0.6 is 11.6 Å². The molecule has 0 spiro atoms. The molecule has 2 aromatic carbocycles. The molecule has 0 fully saturated rings. The summed E-state index contributed by atoms with van der Waals surface area (Å²) in [5.41, 5.74) is 0.619. The van der Waals surface area contributed by atoms with Crippen molar-refractivity contribution < 1.29 is 22.4 Å². The van der Waals surface area contributed by atoms with E-state index >= 15 is 0 Å². The number of likely N-dealkylation sites (N-methyl/N-ethyl adjacent to an activating group) is 1. The first-order chi connectivity index (χ1) is 15.9. The predicted octanol–water partition coefficient (Wildman–Crippen LogP) is 3.68. The Balaban J connectivity index is 2.30. The van der Waals surface area contributed by atoms with Crippen LogP contribution in [0.4, 0.5) is 4.39 Å². The van der Waals surface area contributed by atoms with E-state index in [1.807, 2.05) is 13.8 Å². The Morgan fingerprint density at radius 2 is 1.65 bits per heavy atom. The van der Waals surface area contributed by atoms with Gasteiger partial charge in [-0.3, -0.25) is 9.59 Å². The van der Waals surface area contributed by atoms with Gasteiger partial charge in [0.25, 0.3) is 0 Å². The van der Waals surface area contributed by atoms with Crippen molar-refractivity contribution in [2.24, 2.45) is 5.92 Å². The van der Waals surface area contributed by atoms with Gasteiger partial charge < -0.3 is 10.2 Å². The fraction of sp³-hybridized carbons (Fsp3) is 0.417. The number of sulfonamides is 1. The summed E-state index contributed by atoms with van der Waals surface area (Å²) >= 11 is 5.85. The zero-order valence-electron chi connectivity index (χ0n) is 19.8. The summed E-state index contributed by atoms with van der Waals surface area (Å²) in [6, 6.07) is 10.4. The second kappa shape index (κ2) is 12.3. The van der Waals surface area contributed by atoms with Crippen LogP contribution in [0.25, 0.3) is 0 Å². The molecule has 2 aromatic rings. The Morgan fingerprint density at radius 3 is 2.18 bits per heavy atom. The normalized spacial score (nSPS) is 12.6. The van der Waals surface area contributed by atoms with E-state index in [0.717, 1.165) is 4.31 Å². The van der Waals surface area contributed by atoms with Gasteiger partial charge in [-0.1, -0.05) is 44.5 Å². The molecule has 0 saturated carbocycles. The molecule has 186 valence electrons. The van der Waals surface area contributed by atoms with Crippen molar-refractivity contribution in [1.29, 1.82) is 0 Å². The molecule has 10 heteroatoms.